The van der Waals surface area contributed by atoms with E-state index in [1.165, 1.54) is 0 Å². The summed E-state index contributed by atoms with van der Waals surface area (Å²) in [7, 11) is 1.66. The van der Waals surface area contributed by atoms with Crippen molar-refractivity contribution in [2.24, 2.45) is 4.99 Å². The summed E-state index contributed by atoms with van der Waals surface area (Å²) in [6.45, 7) is 4.24. The van der Waals surface area contributed by atoms with Crippen molar-refractivity contribution in [3.63, 3.8) is 0 Å². The predicted molar refractivity (Wildman–Crippen MR) is 147 cm³/mol. The summed E-state index contributed by atoms with van der Waals surface area (Å²) in [6, 6.07) is 21.3. The number of nitrogens with one attached hydrogen (secondary N) is 3. The Bertz CT molecular complexity index is 1600. The number of anilines is 1. The van der Waals surface area contributed by atoms with Crippen LogP contribution in [0.5, 0.6) is 5.75 Å². The lowest BCUT2D eigenvalue weighted by molar-refractivity contribution is 0.0978. The molecule has 0 aliphatic carbocycles. The first-order valence-corrected chi connectivity index (χ1v) is 12.1. The average Bonchev–Trinajstić information content (AvgIpc) is 3.29. The van der Waals surface area contributed by atoms with E-state index in [0.717, 1.165) is 44.4 Å². The van der Waals surface area contributed by atoms with Crippen LogP contribution in [-0.4, -0.2) is 40.5 Å². The number of carbonyl (C=O) groups is 1. The molecular weight excluding hydrogens is 464 g/mol. The number of amides is 1. The molecule has 0 unspecified atom stereocenters. The number of methoxy groups -OCH3 is 1. The Morgan fingerprint density at radius 3 is 2.57 bits per heavy atom. The fourth-order valence-electron chi connectivity index (χ4n) is 4.38. The molecule has 0 aliphatic heterocycles. The van der Waals surface area contributed by atoms with Crippen molar-refractivity contribution in [2.75, 3.05) is 19.0 Å². The molecule has 1 amide bonds. The lowest BCUT2D eigenvalue weighted by atomic mass is 10.0. The molecule has 5 aromatic rings. The van der Waals surface area contributed by atoms with Crippen LogP contribution >= 0.6 is 0 Å². The van der Waals surface area contributed by atoms with E-state index in [1.807, 2.05) is 86.8 Å². The summed E-state index contributed by atoms with van der Waals surface area (Å²) in [6.07, 6.45) is 2.64. The second-order valence-corrected chi connectivity index (χ2v) is 8.79. The first kappa shape index (κ1) is 24.0. The Morgan fingerprint density at radius 2 is 1.76 bits per heavy atom. The number of H-pyrrole nitrogens is 1. The average molecular weight is 493 g/mol. The minimum absolute atomic E-state index is 0.260. The molecule has 0 fully saturated rings. The SMILES string of the molecule is COc1ccc2[nH]cc(CCN=C(NC(=O)c3cccc4ccccc34)Nc3nc(C)cc(C)n3)c2c1. The normalized spacial score (nSPS) is 11.6. The first-order chi connectivity index (χ1) is 18.0. The van der Waals surface area contributed by atoms with Gasteiger partial charge in [-0.2, -0.15) is 0 Å². The molecule has 186 valence electrons. The lowest BCUT2D eigenvalue weighted by Crippen LogP contribution is -2.37. The van der Waals surface area contributed by atoms with Crippen molar-refractivity contribution in [1.29, 1.82) is 0 Å². The Morgan fingerprint density at radius 1 is 0.973 bits per heavy atom. The molecule has 0 spiro atoms. The molecule has 0 radical (unpaired) electrons. The number of nitrogens with zero attached hydrogens (tertiary/aromatic N) is 3. The highest BCUT2D eigenvalue weighted by Gasteiger charge is 2.14. The Kier molecular flexibility index (Phi) is 6.81. The third-order valence-corrected chi connectivity index (χ3v) is 6.10. The summed E-state index contributed by atoms with van der Waals surface area (Å²) >= 11 is 0. The van der Waals surface area contributed by atoms with Crippen molar-refractivity contribution in [3.8, 4) is 5.75 Å². The number of aryl methyl sites for hydroxylation is 2. The van der Waals surface area contributed by atoms with E-state index in [-0.39, 0.29) is 5.91 Å². The Hall–Kier alpha value is -4.72. The summed E-state index contributed by atoms with van der Waals surface area (Å²) in [5.74, 6) is 1.21. The van der Waals surface area contributed by atoms with Gasteiger partial charge in [0, 0.05) is 40.6 Å². The molecule has 8 heteroatoms. The number of aromatic nitrogens is 3. The number of aromatic amines is 1. The van der Waals surface area contributed by atoms with Crippen molar-refractivity contribution < 1.29 is 9.53 Å². The van der Waals surface area contributed by atoms with Crippen LogP contribution in [0.3, 0.4) is 0 Å². The lowest BCUT2D eigenvalue weighted by Gasteiger charge is -2.13. The summed E-state index contributed by atoms with van der Waals surface area (Å²) in [4.78, 5) is 30.2. The van der Waals surface area contributed by atoms with Gasteiger partial charge in [0.05, 0.1) is 7.11 Å². The summed E-state index contributed by atoms with van der Waals surface area (Å²) in [5, 5.41) is 9.01. The predicted octanol–water partition coefficient (Wildman–Crippen LogP) is 5.18. The molecule has 0 saturated carbocycles. The topological polar surface area (TPSA) is 104 Å². The molecule has 0 aliphatic rings. The van der Waals surface area contributed by atoms with Crippen LogP contribution in [0.25, 0.3) is 21.7 Å². The van der Waals surface area contributed by atoms with E-state index in [0.29, 0.717) is 30.4 Å². The van der Waals surface area contributed by atoms with Gasteiger partial charge in [-0.1, -0.05) is 36.4 Å². The van der Waals surface area contributed by atoms with E-state index in [2.05, 4.69) is 25.6 Å². The number of aliphatic imine (C=N–C) groups is 1. The van der Waals surface area contributed by atoms with Crippen molar-refractivity contribution in [3.05, 3.63) is 95.4 Å². The molecule has 2 aromatic heterocycles. The molecular formula is C29H28N6O2. The molecule has 3 aromatic carbocycles. The standard InChI is InChI=1S/C29H28N6O2/c1-18-15-19(2)33-29(32-18)35-28(34-27(36)24-10-6-8-20-7-4-5-9-23(20)24)30-14-13-21-17-31-26-12-11-22(37-3)16-25(21)26/h4-12,15-17,31H,13-14H2,1-3H3,(H2,30,32,33,34,35,36). The quantitative estimate of drug-likeness (QED) is 0.224. The number of hydrogen-bond donors (Lipinski definition) is 3. The third-order valence-electron chi connectivity index (χ3n) is 6.10. The fraction of sp³-hybridized carbons (Fsp3) is 0.172. The van der Waals surface area contributed by atoms with Crippen LogP contribution in [-0.2, 0) is 6.42 Å². The van der Waals surface area contributed by atoms with Crippen LogP contribution in [0.4, 0.5) is 5.95 Å². The van der Waals surface area contributed by atoms with Crippen LogP contribution in [0.1, 0.15) is 27.3 Å². The monoisotopic (exact) mass is 492 g/mol. The van der Waals surface area contributed by atoms with E-state index >= 15 is 0 Å². The maximum Gasteiger partial charge on any atom is 0.258 e. The maximum absolute atomic E-state index is 13.3. The smallest absolute Gasteiger partial charge is 0.258 e. The van der Waals surface area contributed by atoms with E-state index in [1.54, 1.807) is 7.11 Å². The molecule has 0 atom stereocenters. The molecule has 3 N–H and O–H groups in total. The van der Waals surface area contributed by atoms with Crippen LogP contribution in [0.15, 0.2) is 77.9 Å². The van der Waals surface area contributed by atoms with Crippen LogP contribution in [0, 0.1) is 13.8 Å². The number of fused-ring (bicyclic) bond motifs is 2. The fourth-order valence-corrected chi connectivity index (χ4v) is 4.38. The van der Waals surface area contributed by atoms with E-state index in [9.17, 15) is 4.79 Å². The second-order valence-electron chi connectivity index (χ2n) is 8.79. The minimum atomic E-state index is -0.260. The molecule has 37 heavy (non-hydrogen) atoms. The van der Waals surface area contributed by atoms with Gasteiger partial charge >= 0.3 is 0 Å². The third kappa shape index (κ3) is 5.43. The van der Waals surface area contributed by atoms with Gasteiger partial charge in [0.2, 0.25) is 11.9 Å². The van der Waals surface area contributed by atoms with Crippen LogP contribution < -0.4 is 15.4 Å². The van der Waals surface area contributed by atoms with Gasteiger partial charge < -0.3 is 9.72 Å². The second kappa shape index (κ2) is 10.5. The van der Waals surface area contributed by atoms with Crippen molar-refractivity contribution in [1.82, 2.24) is 20.3 Å². The highest BCUT2D eigenvalue weighted by atomic mass is 16.5. The summed E-state index contributed by atoms with van der Waals surface area (Å²) in [5.41, 5.74) is 4.36. The molecule has 2 heterocycles. The zero-order chi connectivity index (χ0) is 25.8. The largest absolute Gasteiger partial charge is 0.497 e. The van der Waals surface area contributed by atoms with Gasteiger partial charge in [-0.3, -0.25) is 20.4 Å². The van der Waals surface area contributed by atoms with Gasteiger partial charge in [-0.15, -0.1) is 0 Å². The van der Waals surface area contributed by atoms with Crippen molar-refractivity contribution >= 4 is 39.5 Å². The molecule has 0 bridgehead atoms. The zero-order valence-corrected chi connectivity index (χ0v) is 21.0. The number of hydrogen-bond acceptors (Lipinski definition) is 5. The Labute approximate surface area is 214 Å². The van der Waals surface area contributed by atoms with Gasteiger partial charge in [0.25, 0.3) is 5.91 Å². The van der Waals surface area contributed by atoms with Gasteiger partial charge in [-0.05, 0) is 66.9 Å². The number of carbonyl (C=O) groups excluding carboxylic acids is 1. The number of benzene rings is 3. The van der Waals surface area contributed by atoms with E-state index in [4.69, 9.17) is 9.73 Å². The van der Waals surface area contributed by atoms with Gasteiger partial charge in [0.1, 0.15) is 5.75 Å². The number of rotatable bonds is 6. The van der Waals surface area contributed by atoms with Crippen molar-refractivity contribution in [2.45, 2.75) is 20.3 Å². The number of guanidine groups is 1. The molecule has 0 saturated heterocycles. The van der Waals surface area contributed by atoms with Crippen LogP contribution in [0.2, 0.25) is 0 Å². The summed E-state index contributed by atoms with van der Waals surface area (Å²) < 4.78 is 5.38. The van der Waals surface area contributed by atoms with Gasteiger partial charge in [0.15, 0.2) is 0 Å². The Balaban J connectivity index is 1.41. The number of ether oxygens (including phenoxy) is 1. The zero-order valence-electron chi connectivity index (χ0n) is 21.0. The molecule has 5 rings (SSSR count). The maximum atomic E-state index is 13.3. The highest BCUT2D eigenvalue weighted by Crippen LogP contribution is 2.24. The van der Waals surface area contributed by atoms with E-state index < -0.39 is 0 Å². The minimum Gasteiger partial charge on any atom is -0.497 e. The first-order valence-electron chi connectivity index (χ1n) is 12.1. The van der Waals surface area contributed by atoms with Gasteiger partial charge in [-0.25, -0.2) is 9.97 Å². The highest BCUT2D eigenvalue weighted by molar-refractivity contribution is 6.14. The molecule has 8 nitrogen and oxygen atoms in total.